The summed E-state index contributed by atoms with van der Waals surface area (Å²) in [7, 11) is 0. The first-order valence-electron chi connectivity index (χ1n) is 22.7. The predicted molar refractivity (Wildman–Crippen MR) is 227 cm³/mol. The molecule has 6 nitrogen and oxygen atoms in total. The smallest absolute Gasteiger partial charge is 0.222 e. The van der Waals surface area contributed by atoms with Gasteiger partial charge in [-0.3, -0.25) is 9.59 Å². The fourth-order valence-electron chi connectivity index (χ4n) is 12.2. The number of amides is 2. The Kier molecular flexibility index (Phi) is 17.0. The normalized spacial score (nSPS) is 34.9. The van der Waals surface area contributed by atoms with Crippen molar-refractivity contribution in [2.75, 3.05) is 13.1 Å². The number of likely N-dealkylation sites (tertiary alicyclic amines) is 1. The van der Waals surface area contributed by atoms with E-state index >= 15 is 0 Å². The van der Waals surface area contributed by atoms with Crippen molar-refractivity contribution in [3.05, 3.63) is 60.8 Å². The summed E-state index contributed by atoms with van der Waals surface area (Å²) in [6, 6.07) is 0.163. The number of carbonyl (C=O) groups is 2. The highest BCUT2D eigenvalue weighted by atomic mass is 16.3. The van der Waals surface area contributed by atoms with Gasteiger partial charge in [-0.25, -0.2) is 0 Å². The number of aliphatic hydroxyl groups is 2. The van der Waals surface area contributed by atoms with Crippen molar-refractivity contribution in [1.82, 2.24) is 10.2 Å². The third-order valence-corrected chi connectivity index (χ3v) is 15.4. The van der Waals surface area contributed by atoms with Crippen LogP contribution < -0.4 is 5.32 Å². The summed E-state index contributed by atoms with van der Waals surface area (Å²) in [5.41, 5.74) is 0.497. The number of rotatable bonds is 18. The van der Waals surface area contributed by atoms with Crippen molar-refractivity contribution in [2.24, 2.45) is 46.3 Å². The van der Waals surface area contributed by atoms with E-state index < -0.39 is 0 Å². The van der Waals surface area contributed by atoms with E-state index in [-0.39, 0.29) is 40.9 Å². The van der Waals surface area contributed by atoms with Crippen molar-refractivity contribution in [3.63, 3.8) is 0 Å². The van der Waals surface area contributed by atoms with Crippen LogP contribution in [-0.4, -0.2) is 58.3 Å². The van der Waals surface area contributed by atoms with Crippen LogP contribution in [0.5, 0.6) is 0 Å². The molecule has 308 valence electrons. The number of unbranched alkanes of at least 4 members (excludes halogenated alkanes) is 1. The summed E-state index contributed by atoms with van der Waals surface area (Å²) in [4.78, 5) is 28.0. The monoisotopic (exact) mass is 759 g/mol. The predicted octanol–water partition coefficient (Wildman–Crippen LogP) is 10.4. The number of carbonyl (C=O) groups excluding carboxylic acids is 2. The highest BCUT2D eigenvalue weighted by Gasteiger charge is 2.62. The molecule has 4 saturated carbocycles. The number of piperidine rings is 1. The summed E-state index contributed by atoms with van der Waals surface area (Å²) in [5, 5.41) is 25.3. The Morgan fingerprint density at radius 3 is 2.00 bits per heavy atom. The molecule has 0 spiro atoms. The standard InChI is InChI=1S/C49H78N2O4/c1-5-6-7-8-9-10-11-12-13-14-15-16-17-18-19-20-21-22-46(55)51-33-29-39(30-34-51)50-45(54)26-23-37(2)41-24-25-42-47-43(28-32-49(41,42)4)48(3)31-27-40(52)35-38(48)36-44(47)53/h6-7,9-10,12-13,15-16,18-19,37-44,47,52-53H,5,8,11,14,17,20-36H2,1-4H3,(H,50,54)/b7-6-,10-9-,13-12-,16-15-,19-18-/t37-,38+,40-,41?,42+,43+,44-,47+,48+,49-/m1/s1. The van der Waals surface area contributed by atoms with Gasteiger partial charge in [0.2, 0.25) is 11.8 Å². The summed E-state index contributed by atoms with van der Waals surface area (Å²) >= 11 is 0. The van der Waals surface area contributed by atoms with Gasteiger partial charge < -0.3 is 20.4 Å². The fourth-order valence-corrected chi connectivity index (χ4v) is 12.2. The summed E-state index contributed by atoms with van der Waals surface area (Å²) in [6.07, 6.45) is 40.9. The van der Waals surface area contributed by atoms with Crippen LogP contribution in [0, 0.1) is 46.3 Å². The van der Waals surface area contributed by atoms with Crippen molar-refractivity contribution in [3.8, 4) is 0 Å². The SMILES string of the molecule is CC/C=C\C/C=C\C/C=C\C/C=C\C/C=C\CCCC(=O)N1CCC(NC(=O)CC[C@@H](C)C2CC[C@H]3[C@@H]4[C@H](O)C[C@@H]5C[C@H](O)CC[C@]5(C)[C@H]4CC[C@]23C)CC1. The third kappa shape index (κ3) is 11.6. The number of fused-ring (bicyclic) bond motifs is 5. The Bertz CT molecular complexity index is 1360. The summed E-state index contributed by atoms with van der Waals surface area (Å²) in [5.74, 6) is 3.48. The van der Waals surface area contributed by atoms with Crippen LogP contribution >= 0.6 is 0 Å². The van der Waals surface area contributed by atoms with Crippen LogP contribution in [0.4, 0.5) is 0 Å². The summed E-state index contributed by atoms with van der Waals surface area (Å²) in [6.45, 7) is 11.0. The van der Waals surface area contributed by atoms with E-state index in [2.05, 4.69) is 93.8 Å². The second-order valence-corrected chi connectivity index (χ2v) is 18.8. The number of hydrogen-bond donors (Lipinski definition) is 3. The fraction of sp³-hybridized carbons (Fsp3) is 0.755. The molecule has 0 aromatic heterocycles. The van der Waals surface area contributed by atoms with Crippen LogP contribution in [0.1, 0.15) is 156 Å². The van der Waals surface area contributed by atoms with E-state index in [9.17, 15) is 19.8 Å². The molecule has 1 heterocycles. The van der Waals surface area contributed by atoms with Gasteiger partial charge in [0.15, 0.2) is 0 Å². The Morgan fingerprint density at radius 2 is 1.35 bits per heavy atom. The molecule has 5 fully saturated rings. The van der Waals surface area contributed by atoms with Crippen molar-refractivity contribution in [2.45, 2.75) is 174 Å². The molecule has 1 aliphatic heterocycles. The molecule has 5 rings (SSSR count). The molecule has 5 aliphatic rings. The maximum Gasteiger partial charge on any atom is 0.222 e. The Morgan fingerprint density at radius 1 is 0.745 bits per heavy atom. The van der Waals surface area contributed by atoms with Gasteiger partial charge in [-0.1, -0.05) is 88.5 Å². The van der Waals surface area contributed by atoms with Crippen LogP contribution in [0.25, 0.3) is 0 Å². The molecule has 0 radical (unpaired) electrons. The van der Waals surface area contributed by atoms with Gasteiger partial charge in [-0.2, -0.15) is 0 Å². The lowest BCUT2D eigenvalue weighted by atomic mass is 9.43. The molecule has 4 aliphatic carbocycles. The molecule has 1 unspecified atom stereocenters. The molecule has 2 amide bonds. The first kappa shape index (κ1) is 43.7. The third-order valence-electron chi connectivity index (χ3n) is 15.4. The van der Waals surface area contributed by atoms with E-state index in [4.69, 9.17) is 0 Å². The minimum absolute atomic E-state index is 0.163. The van der Waals surface area contributed by atoms with E-state index in [0.717, 1.165) is 103 Å². The molecule has 0 aromatic carbocycles. The molecule has 6 heteroatoms. The molecule has 55 heavy (non-hydrogen) atoms. The van der Waals surface area contributed by atoms with Gasteiger partial charge >= 0.3 is 0 Å². The molecule has 3 N–H and O–H groups in total. The van der Waals surface area contributed by atoms with E-state index in [1.165, 1.54) is 25.7 Å². The zero-order valence-electron chi connectivity index (χ0n) is 35.2. The lowest BCUT2D eigenvalue weighted by molar-refractivity contribution is -0.174. The van der Waals surface area contributed by atoms with Gasteiger partial charge in [0, 0.05) is 32.0 Å². The Balaban J connectivity index is 0.928. The molecule has 0 bridgehead atoms. The van der Waals surface area contributed by atoms with Crippen LogP contribution in [-0.2, 0) is 9.59 Å². The Labute approximate surface area is 335 Å². The lowest BCUT2D eigenvalue weighted by Gasteiger charge is -2.62. The highest BCUT2D eigenvalue weighted by molar-refractivity contribution is 5.77. The number of hydrogen-bond acceptors (Lipinski definition) is 4. The lowest BCUT2D eigenvalue weighted by Crippen LogP contribution is -2.58. The van der Waals surface area contributed by atoms with Gasteiger partial charge in [-0.05, 0) is 162 Å². The molecule has 10 atom stereocenters. The maximum absolute atomic E-state index is 13.2. The average molecular weight is 759 g/mol. The van der Waals surface area contributed by atoms with Crippen molar-refractivity contribution < 1.29 is 19.8 Å². The zero-order chi connectivity index (χ0) is 39.3. The second kappa shape index (κ2) is 21.4. The van der Waals surface area contributed by atoms with Gasteiger partial charge in [-0.15, -0.1) is 0 Å². The van der Waals surface area contributed by atoms with E-state index in [1.807, 2.05) is 4.90 Å². The second-order valence-electron chi connectivity index (χ2n) is 18.8. The first-order chi connectivity index (χ1) is 26.6. The average Bonchev–Trinajstić information content (AvgIpc) is 3.53. The van der Waals surface area contributed by atoms with Crippen molar-refractivity contribution >= 4 is 11.8 Å². The van der Waals surface area contributed by atoms with Crippen LogP contribution in [0.15, 0.2) is 60.8 Å². The van der Waals surface area contributed by atoms with E-state index in [0.29, 0.717) is 48.3 Å². The molecular formula is C49H78N2O4. The zero-order valence-corrected chi connectivity index (χ0v) is 35.2. The number of nitrogens with zero attached hydrogens (tertiary/aromatic N) is 1. The van der Waals surface area contributed by atoms with Gasteiger partial charge in [0.1, 0.15) is 0 Å². The van der Waals surface area contributed by atoms with E-state index in [1.54, 1.807) is 0 Å². The Hall–Kier alpha value is -2.44. The maximum atomic E-state index is 13.2. The number of aliphatic hydroxyl groups excluding tert-OH is 2. The molecule has 0 aromatic rings. The minimum Gasteiger partial charge on any atom is -0.393 e. The largest absolute Gasteiger partial charge is 0.393 e. The summed E-state index contributed by atoms with van der Waals surface area (Å²) < 4.78 is 0. The molecule has 1 saturated heterocycles. The number of nitrogens with one attached hydrogen (secondary N) is 1. The quantitative estimate of drug-likeness (QED) is 0.0959. The number of allylic oxidation sites excluding steroid dienone is 10. The molecular weight excluding hydrogens is 681 g/mol. The van der Waals surface area contributed by atoms with Crippen molar-refractivity contribution in [1.29, 1.82) is 0 Å². The highest BCUT2D eigenvalue weighted by Crippen LogP contribution is 2.68. The topological polar surface area (TPSA) is 89.9 Å². The first-order valence-corrected chi connectivity index (χ1v) is 22.7. The minimum atomic E-state index is -0.242. The van der Waals surface area contributed by atoms with Gasteiger partial charge in [0.25, 0.3) is 0 Å². The van der Waals surface area contributed by atoms with Crippen LogP contribution in [0.3, 0.4) is 0 Å². The van der Waals surface area contributed by atoms with Crippen LogP contribution in [0.2, 0.25) is 0 Å². The van der Waals surface area contributed by atoms with Gasteiger partial charge in [0.05, 0.1) is 12.2 Å².